The number of fused-ring (bicyclic) bond motifs is 1. The van der Waals surface area contributed by atoms with Gasteiger partial charge >= 0.3 is 0 Å². The van der Waals surface area contributed by atoms with Crippen molar-refractivity contribution in [3.05, 3.63) is 35.4 Å². The van der Waals surface area contributed by atoms with Crippen molar-refractivity contribution in [3.63, 3.8) is 0 Å². The van der Waals surface area contributed by atoms with Gasteiger partial charge in [0.2, 0.25) is 5.91 Å². The molecule has 0 radical (unpaired) electrons. The normalized spacial score (nSPS) is 29.4. The molecule has 0 unspecified atom stereocenters. The molecule has 3 fully saturated rings. The number of carbonyl (C=O) groups is 1. The van der Waals surface area contributed by atoms with Crippen LogP contribution in [0.2, 0.25) is 0 Å². The number of nitrogens with zero attached hydrogens (tertiary/aromatic N) is 1. The van der Waals surface area contributed by atoms with E-state index in [1.54, 1.807) is 0 Å². The van der Waals surface area contributed by atoms with Gasteiger partial charge in [-0.1, -0.05) is 43.2 Å². The Morgan fingerprint density at radius 2 is 1.92 bits per heavy atom. The molecule has 25 heavy (non-hydrogen) atoms. The number of hydrogen-bond donors (Lipinski definition) is 2. The molecule has 0 aromatic heterocycles. The van der Waals surface area contributed by atoms with E-state index in [0.717, 1.165) is 12.1 Å². The summed E-state index contributed by atoms with van der Waals surface area (Å²) in [5, 5.41) is 12.9. The summed E-state index contributed by atoms with van der Waals surface area (Å²) in [4.78, 5) is 13.9. The lowest BCUT2D eigenvalue weighted by molar-refractivity contribution is -0.153. The first kappa shape index (κ1) is 16.6. The maximum Gasteiger partial charge on any atom is 0.237 e. The molecule has 4 nitrogen and oxygen atoms in total. The molecule has 4 rings (SSSR count). The van der Waals surface area contributed by atoms with Crippen molar-refractivity contribution in [2.75, 3.05) is 19.7 Å². The van der Waals surface area contributed by atoms with Crippen LogP contribution in [-0.4, -0.2) is 47.7 Å². The number of piperazine rings is 1. The Morgan fingerprint density at radius 1 is 1.16 bits per heavy atom. The zero-order valence-electron chi connectivity index (χ0n) is 14.6. The molecule has 1 aromatic rings. The second kappa shape index (κ2) is 7.19. The molecule has 1 saturated carbocycles. The summed E-state index contributed by atoms with van der Waals surface area (Å²) in [5.74, 6) is 7.63. The highest BCUT2D eigenvalue weighted by atomic mass is 16.3. The summed E-state index contributed by atoms with van der Waals surface area (Å²) in [7, 11) is 0. The molecule has 2 saturated heterocycles. The SMILES string of the molecule is O=C1CNC[C@H]2[C@H](c3ccc(C#CC4CCCCC4)cc3)[C@@H](CO)N12. The molecule has 2 aliphatic heterocycles. The molecule has 0 spiro atoms. The van der Waals surface area contributed by atoms with Crippen LogP contribution in [0, 0.1) is 17.8 Å². The van der Waals surface area contributed by atoms with Crippen molar-refractivity contribution < 1.29 is 9.90 Å². The van der Waals surface area contributed by atoms with Crippen molar-refractivity contribution in [2.45, 2.75) is 50.1 Å². The zero-order chi connectivity index (χ0) is 17.2. The second-order valence-electron chi connectivity index (χ2n) is 7.50. The molecule has 3 aliphatic rings. The van der Waals surface area contributed by atoms with Crippen LogP contribution < -0.4 is 5.32 Å². The number of nitrogens with one attached hydrogen (secondary N) is 1. The number of hydrogen-bond acceptors (Lipinski definition) is 3. The number of carbonyl (C=O) groups excluding carboxylic acids is 1. The first-order valence-electron chi connectivity index (χ1n) is 9.52. The lowest BCUT2D eigenvalue weighted by Gasteiger charge is -2.57. The average molecular weight is 338 g/mol. The van der Waals surface area contributed by atoms with Crippen molar-refractivity contribution >= 4 is 5.91 Å². The van der Waals surface area contributed by atoms with E-state index in [-0.39, 0.29) is 30.5 Å². The fraction of sp³-hybridized carbons (Fsp3) is 0.571. The average Bonchev–Trinajstić information content (AvgIpc) is 2.64. The number of rotatable bonds is 2. The Hall–Kier alpha value is -1.83. The lowest BCUT2D eigenvalue weighted by atomic mass is 9.74. The zero-order valence-corrected chi connectivity index (χ0v) is 14.6. The molecule has 1 aromatic carbocycles. The number of amides is 1. The molecule has 1 amide bonds. The van der Waals surface area contributed by atoms with Crippen LogP contribution in [0.25, 0.3) is 0 Å². The molecule has 3 atom stereocenters. The monoisotopic (exact) mass is 338 g/mol. The van der Waals surface area contributed by atoms with Gasteiger partial charge in [-0.3, -0.25) is 4.79 Å². The van der Waals surface area contributed by atoms with Gasteiger partial charge in [-0.15, -0.1) is 0 Å². The maximum atomic E-state index is 12.0. The molecule has 4 heteroatoms. The van der Waals surface area contributed by atoms with Crippen LogP contribution in [-0.2, 0) is 4.79 Å². The Kier molecular flexibility index (Phi) is 4.78. The Bertz CT molecular complexity index is 676. The van der Waals surface area contributed by atoms with Gasteiger partial charge in [0.05, 0.1) is 25.2 Å². The number of aliphatic hydroxyl groups is 1. The van der Waals surface area contributed by atoms with Gasteiger partial charge in [0, 0.05) is 23.9 Å². The van der Waals surface area contributed by atoms with Crippen LogP contribution >= 0.6 is 0 Å². The Morgan fingerprint density at radius 3 is 2.64 bits per heavy atom. The standard InChI is InChI=1S/C21H26N2O2/c24-14-19-21(18-12-22-13-20(25)23(18)19)17-10-8-16(9-11-17)7-6-15-4-2-1-3-5-15/h8-11,15,18-19,21-22,24H,1-5,12-14H2/t18-,19+,21-/m0/s1. The number of benzene rings is 1. The first-order chi connectivity index (χ1) is 12.3. The van der Waals surface area contributed by atoms with E-state index < -0.39 is 0 Å². The van der Waals surface area contributed by atoms with Crippen molar-refractivity contribution in [1.82, 2.24) is 10.2 Å². The third-order valence-corrected chi connectivity index (χ3v) is 5.97. The molecular weight excluding hydrogens is 312 g/mol. The first-order valence-corrected chi connectivity index (χ1v) is 9.52. The smallest absolute Gasteiger partial charge is 0.237 e. The Labute approximate surface area is 149 Å². The molecule has 2 N–H and O–H groups in total. The predicted molar refractivity (Wildman–Crippen MR) is 97.0 cm³/mol. The van der Waals surface area contributed by atoms with E-state index in [2.05, 4.69) is 41.4 Å². The van der Waals surface area contributed by atoms with E-state index in [9.17, 15) is 9.90 Å². The Balaban J connectivity index is 1.46. The topological polar surface area (TPSA) is 52.6 Å². The summed E-state index contributed by atoms with van der Waals surface area (Å²) in [6.07, 6.45) is 6.46. The van der Waals surface area contributed by atoms with Crippen LogP contribution in [0.1, 0.15) is 49.1 Å². The van der Waals surface area contributed by atoms with Crippen LogP contribution in [0.4, 0.5) is 0 Å². The summed E-state index contributed by atoms with van der Waals surface area (Å²) < 4.78 is 0. The number of aliphatic hydroxyl groups excluding tert-OH is 1. The van der Waals surface area contributed by atoms with Crippen LogP contribution in [0.3, 0.4) is 0 Å². The molecule has 0 bridgehead atoms. The maximum absolute atomic E-state index is 12.0. The van der Waals surface area contributed by atoms with E-state index in [1.165, 1.54) is 37.7 Å². The molecular formula is C21H26N2O2. The van der Waals surface area contributed by atoms with Gasteiger partial charge in [-0.25, -0.2) is 0 Å². The largest absolute Gasteiger partial charge is 0.394 e. The minimum absolute atomic E-state index is 0.0240. The summed E-state index contributed by atoms with van der Waals surface area (Å²) in [6, 6.07) is 8.49. The van der Waals surface area contributed by atoms with Gasteiger partial charge in [0.25, 0.3) is 0 Å². The van der Waals surface area contributed by atoms with Gasteiger partial charge in [0.15, 0.2) is 0 Å². The minimum atomic E-state index is -0.0845. The highest BCUT2D eigenvalue weighted by Crippen LogP contribution is 2.41. The van der Waals surface area contributed by atoms with Gasteiger partial charge in [-0.05, 0) is 30.5 Å². The third-order valence-electron chi connectivity index (χ3n) is 5.97. The highest BCUT2D eigenvalue weighted by Gasteiger charge is 2.52. The molecule has 2 heterocycles. The van der Waals surface area contributed by atoms with Gasteiger partial charge in [0.1, 0.15) is 0 Å². The van der Waals surface area contributed by atoms with Crippen molar-refractivity contribution in [3.8, 4) is 11.8 Å². The third kappa shape index (κ3) is 3.19. The van der Waals surface area contributed by atoms with E-state index in [4.69, 9.17) is 0 Å². The molecule has 1 aliphatic carbocycles. The predicted octanol–water partition coefficient (Wildman–Crippen LogP) is 1.88. The van der Waals surface area contributed by atoms with E-state index >= 15 is 0 Å². The quantitative estimate of drug-likeness (QED) is 0.810. The van der Waals surface area contributed by atoms with Crippen LogP contribution in [0.5, 0.6) is 0 Å². The van der Waals surface area contributed by atoms with Crippen molar-refractivity contribution in [1.29, 1.82) is 0 Å². The fourth-order valence-corrected chi connectivity index (χ4v) is 4.63. The van der Waals surface area contributed by atoms with Gasteiger partial charge in [-0.2, -0.15) is 0 Å². The van der Waals surface area contributed by atoms with E-state index in [0.29, 0.717) is 12.5 Å². The summed E-state index contributed by atoms with van der Waals surface area (Å²) in [6.45, 7) is 1.21. The molecule has 132 valence electrons. The minimum Gasteiger partial charge on any atom is -0.394 e. The fourth-order valence-electron chi connectivity index (χ4n) is 4.63. The lowest BCUT2D eigenvalue weighted by Crippen LogP contribution is -2.72. The van der Waals surface area contributed by atoms with E-state index in [1.807, 2.05) is 4.90 Å². The summed E-state index contributed by atoms with van der Waals surface area (Å²) in [5.41, 5.74) is 2.25. The van der Waals surface area contributed by atoms with Crippen molar-refractivity contribution in [2.24, 2.45) is 5.92 Å². The second-order valence-corrected chi connectivity index (χ2v) is 7.50. The summed E-state index contributed by atoms with van der Waals surface area (Å²) >= 11 is 0. The highest BCUT2D eigenvalue weighted by molar-refractivity contribution is 5.81. The van der Waals surface area contributed by atoms with Gasteiger partial charge < -0.3 is 15.3 Å². The van der Waals surface area contributed by atoms with Crippen LogP contribution in [0.15, 0.2) is 24.3 Å².